The molecule has 0 spiro atoms. The Morgan fingerprint density at radius 1 is 1.25 bits per heavy atom. The van der Waals surface area contributed by atoms with E-state index in [1.54, 1.807) is 31.0 Å². The minimum Gasteiger partial charge on any atom is -0.469 e. The van der Waals surface area contributed by atoms with Gasteiger partial charge in [0.1, 0.15) is 0 Å². The van der Waals surface area contributed by atoms with Gasteiger partial charge in [0.2, 0.25) is 5.91 Å². The summed E-state index contributed by atoms with van der Waals surface area (Å²) in [6, 6.07) is 5.31. The van der Waals surface area contributed by atoms with Crippen LogP contribution in [0, 0.1) is 5.92 Å². The monoisotopic (exact) mass is 374 g/mol. The van der Waals surface area contributed by atoms with E-state index >= 15 is 0 Å². The Labute approximate surface area is 153 Å². The molecule has 134 valence electrons. The molecule has 0 aliphatic rings. The highest BCUT2D eigenvalue weighted by molar-refractivity contribution is 6.42. The Morgan fingerprint density at radius 3 is 2.46 bits per heavy atom. The average Bonchev–Trinajstić information content (AvgIpc) is 2.56. The van der Waals surface area contributed by atoms with Gasteiger partial charge in [-0.1, -0.05) is 43.1 Å². The van der Waals surface area contributed by atoms with Gasteiger partial charge in [0.25, 0.3) is 0 Å². The number of ether oxygens (including phenoxy) is 1. The van der Waals surface area contributed by atoms with Gasteiger partial charge in [-0.2, -0.15) is 0 Å². The zero-order chi connectivity index (χ0) is 18.3. The third-order valence-electron chi connectivity index (χ3n) is 3.77. The first-order valence-corrected chi connectivity index (χ1v) is 8.52. The van der Waals surface area contributed by atoms with Gasteiger partial charge in [-0.15, -0.1) is 0 Å². The molecule has 0 saturated heterocycles. The van der Waals surface area contributed by atoms with Gasteiger partial charge in [-0.05, 0) is 24.2 Å². The van der Waals surface area contributed by atoms with E-state index in [0.29, 0.717) is 29.7 Å². The molecule has 7 heteroatoms. The van der Waals surface area contributed by atoms with Gasteiger partial charge >= 0.3 is 5.97 Å². The number of rotatable bonds is 8. The molecule has 1 atom stereocenters. The van der Waals surface area contributed by atoms with E-state index < -0.39 is 0 Å². The average molecular weight is 375 g/mol. The molecule has 5 nitrogen and oxygen atoms in total. The van der Waals surface area contributed by atoms with Crippen LogP contribution in [-0.2, 0) is 20.9 Å². The third-order valence-corrected chi connectivity index (χ3v) is 4.51. The standard InChI is InChI=1S/C17H24Cl2N2O3/c1-5-21(9-12(2)17(23)24-4)11-16(22)20(3)10-13-6-7-14(18)15(19)8-13/h6-8,12H,5,9-11H2,1-4H3. The molecule has 1 rings (SSSR count). The van der Waals surface area contributed by atoms with E-state index in [9.17, 15) is 9.59 Å². The molecule has 0 bridgehead atoms. The van der Waals surface area contributed by atoms with E-state index in [4.69, 9.17) is 27.9 Å². The van der Waals surface area contributed by atoms with Crippen molar-refractivity contribution >= 4 is 35.1 Å². The molecule has 1 aromatic rings. The van der Waals surface area contributed by atoms with Crippen LogP contribution in [0.25, 0.3) is 0 Å². The van der Waals surface area contributed by atoms with Gasteiger partial charge < -0.3 is 9.64 Å². The van der Waals surface area contributed by atoms with E-state index in [-0.39, 0.29) is 24.3 Å². The smallest absolute Gasteiger partial charge is 0.309 e. The Kier molecular flexibility index (Phi) is 8.53. The lowest BCUT2D eigenvalue weighted by molar-refractivity contribution is -0.146. The normalized spacial score (nSPS) is 12.1. The maximum Gasteiger partial charge on any atom is 0.309 e. The fourth-order valence-electron chi connectivity index (χ4n) is 2.28. The molecule has 0 aliphatic heterocycles. The van der Waals surface area contributed by atoms with Crippen LogP contribution < -0.4 is 0 Å². The first-order valence-electron chi connectivity index (χ1n) is 7.76. The topological polar surface area (TPSA) is 49.9 Å². The summed E-state index contributed by atoms with van der Waals surface area (Å²) in [5.41, 5.74) is 0.909. The summed E-state index contributed by atoms with van der Waals surface area (Å²) < 4.78 is 4.73. The van der Waals surface area contributed by atoms with Gasteiger partial charge in [-0.3, -0.25) is 14.5 Å². The number of likely N-dealkylation sites (N-methyl/N-ethyl adjacent to an activating group) is 2. The molecule has 1 amide bonds. The minimum absolute atomic E-state index is 0.0278. The molecule has 0 saturated carbocycles. The summed E-state index contributed by atoms with van der Waals surface area (Å²) in [7, 11) is 3.10. The molecule has 0 fully saturated rings. The number of carbonyl (C=O) groups excluding carboxylic acids is 2. The van der Waals surface area contributed by atoms with Gasteiger partial charge in [0, 0.05) is 20.1 Å². The molecular formula is C17H24Cl2N2O3. The van der Waals surface area contributed by atoms with Crippen LogP contribution >= 0.6 is 23.2 Å². The summed E-state index contributed by atoms with van der Waals surface area (Å²) in [5.74, 6) is -0.576. The summed E-state index contributed by atoms with van der Waals surface area (Å²) in [5, 5.41) is 0.959. The second-order valence-corrected chi connectivity index (χ2v) is 6.56. The number of esters is 1. The molecule has 0 N–H and O–H groups in total. The highest BCUT2D eigenvalue weighted by Crippen LogP contribution is 2.23. The van der Waals surface area contributed by atoms with Crippen molar-refractivity contribution in [1.29, 1.82) is 0 Å². The van der Waals surface area contributed by atoms with Crippen LogP contribution in [0.5, 0.6) is 0 Å². The van der Waals surface area contributed by atoms with E-state index in [0.717, 1.165) is 5.56 Å². The van der Waals surface area contributed by atoms with Gasteiger partial charge in [0.05, 0.1) is 29.6 Å². The maximum atomic E-state index is 12.4. The Morgan fingerprint density at radius 2 is 1.92 bits per heavy atom. The second kappa shape index (κ2) is 9.87. The summed E-state index contributed by atoms with van der Waals surface area (Å²) >= 11 is 11.9. The van der Waals surface area contributed by atoms with Crippen LogP contribution in [0.15, 0.2) is 18.2 Å². The van der Waals surface area contributed by atoms with Crippen LogP contribution in [0.1, 0.15) is 19.4 Å². The highest BCUT2D eigenvalue weighted by atomic mass is 35.5. The summed E-state index contributed by atoms with van der Waals surface area (Å²) in [6.07, 6.45) is 0. The van der Waals surface area contributed by atoms with Crippen molar-refractivity contribution in [3.63, 3.8) is 0 Å². The molecule has 0 radical (unpaired) electrons. The number of halogens is 2. The van der Waals surface area contributed by atoms with Crippen LogP contribution in [0.2, 0.25) is 10.0 Å². The van der Waals surface area contributed by atoms with E-state index in [1.807, 2.05) is 17.9 Å². The first-order chi connectivity index (χ1) is 11.3. The number of benzene rings is 1. The Hall–Kier alpha value is -1.30. The number of hydrogen-bond donors (Lipinski definition) is 0. The lowest BCUT2D eigenvalue weighted by atomic mass is 10.1. The molecule has 0 heterocycles. The van der Waals surface area contributed by atoms with Crippen molar-refractivity contribution in [1.82, 2.24) is 9.80 Å². The number of hydrogen-bond acceptors (Lipinski definition) is 4. The molecular weight excluding hydrogens is 351 g/mol. The van der Waals surface area contributed by atoms with Crippen molar-refractivity contribution in [3.8, 4) is 0 Å². The van der Waals surface area contributed by atoms with Gasteiger partial charge in [0.15, 0.2) is 0 Å². The predicted molar refractivity (Wildman–Crippen MR) is 96.2 cm³/mol. The quantitative estimate of drug-likeness (QED) is 0.656. The fourth-order valence-corrected chi connectivity index (χ4v) is 2.60. The predicted octanol–water partition coefficient (Wildman–Crippen LogP) is 3.08. The Balaban J connectivity index is 2.60. The van der Waals surface area contributed by atoms with Crippen LogP contribution in [0.4, 0.5) is 0 Å². The summed E-state index contributed by atoms with van der Waals surface area (Å²) in [4.78, 5) is 27.5. The zero-order valence-corrected chi connectivity index (χ0v) is 16.0. The van der Waals surface area contributed by atoms with Crippen molar-refractivity contribution in [2.24, 2.45) is 5.92 Å². The fraction of sp³-hybridized carbons (Fsp3) is 0.529. The second-order valence-electron chi connectivity index (χ2n) is 5.75. The third kappa shape index (κ3) is 6.30. The largest absolute Gasteiger partial charge is 0.469 e. The highest BCUT2D eigenvalue weighted by Gasteiger charge is 2.20. The van der Waals surface area contributed by atoms with Crippen molar-refractivity contribution in [2.75, 3.05) is 33.8 Å². The molecule has 24 heavy (non-hydrogen) atoms. The van der Waals surface area contributed by atoms with Crippen LogP contribution in [-0.4, -0.2) is 55.5 Å². The Bertz CT molecular complexity index is 581. The first kappa shape index (κ1) is 20.7. The van der Waals surface area contributed by atoms with E-state index in [2.05, 4.69) is 0 Å². The maximum absolute atomic E-state index is 12.4. The van der Waals surface area contributed by atoms with Gasteiger partial charge in [-0.25, -0.2) is 0 Å². The molecule has 0 aliphatic carbocycles. The van der Waals surface area contributed by atoms with Crippen molar-refractivity contribution in [2.45, 2.75) is 20.4 Å². The lowest BCUT2D eigenvalue weighted by Gasteiger charge is -2.25. The van der Waals surface area contributed by atoms with Crippen molar-refractivity contribution in [3.05, 3.63) is 33.8 Å². The van der Waals surface area contributed by atoms with Crippen molar-refractivity contribution < 1.29 is 14.3 Å². The SMILES string of the molecule is CCN(CC(=O)N(C)Cc1ccc(Cl)c(Cl)c1)CC(C)C(=O)OC. The van der Waals surface area contributed by atoms with E-state index in [1.165, 1.54) is 7.11 Å². The van der Waals surface area contributed by atoms with Crippen LogP contribution in [0.3, 0.4) is 0 Å². The number of amides is 1. The number of methoxy groups -OCH3 is 1. The number of nitrogens with zero attached hydrogens (tertiary/aromatic N) is 2. The summed E-state index contributed by atoms with van der Waals surface area (Å²) in [6.45, 7) is 5.59. The lowest BCUT2D eigenvalue weighted by Crippen LogP contribution is -2.41. The zero-order valence-electron chi connectivity index (χ0n) is 14.5. The minimum atomic E-state index is -0.275. The molecule has 0 aromatic heterocycles. The number of carbonyl (C=O) groups is 2. The molecule has 1 aromatic carbocycles. The molecule has 1 unspecified atom stereocenters.